The molecule has 0 saturated heterocycles. The van der Waals surface area contributed by atoms with Crippen molar-refractivity contribution in [3.05, 3.63) is 12.2 Å². The molecule has 0 bridgehead atoms. The summed E-state index contributed by atoms with van der Waals surface area (Å²) in [4.78, 5) is 22.4. The van der Waals surface area contributed by atoms with Crippen LogP contribution in [0.2, 0.25) is 0 Å². The largest absolute Gasteiger partial charge is 0.464 e. The number of rotatable bonds is 13. The lowest BCUT2D eigenvalue weighted by Gasteiger charge is -2.17. The van der Waals surface area contributed by atoms with Gasteiger partial charge in [-0.25, -0.2) is 9.59 Å². The first-order chi connectivity index (χ1) is 11.3. The van der Waals surface area contributed by atoms with E-state index in [1.54, 1.807) is 13.0 Å². The van der Waals surface area contributed by atoms with Crippen LogP contribution >= 0.6 is 0 Å². The summed E-state index contributed by atoms with van der Waals surface area (Å²) in [6, 6.07) is 0. The summed E-state index contributed by atoms with van der Waals surface area (Å²) >= 11 is 0. The van der Waals surface area contributed by atoms with Crippen molar-refractivity contribution < 1.29 is 33.3 Å². The second-order valence-corrected chi connectivity index (χ2v) is 5.81. The molecule has 0 aliphatic rings. The zero-order valence-electron chi connectivity index (χ0n) is 15.2. The summed E-state index contributed by atoms with van der Waals surface area (Å²) in [5.41, 5.74) is -0.477. The molecule has 0 spiro atoms. The maximum Gasteiger partial charge on any atom is 0.332 e. The molecule has 7 heteroatoms. The predicted octanol–water partition coefficient (Wildman–Crippen LogP) is 1.89. The van der Waals surface area contributed by atoms with Gasteiger partial charge >= 0.3 is 11.9 Å². The Kier molecular flexibility index (Phi) is 13.1. The smallest absolute Gasteiger partial charge is 0.332 e. The SMILES string of the molecule is CCOC(=O)COCCOCCOCC/C=C/C(=O)OC(C)(C)C. The minimum Gasteiger partial charge on any atom is -0.464 e. The number of esters is 2. The Morgan fingerprint density at radius 3 is 2.08 bits per heavy atom. The molecule has 0 amide bonds. The lowest BCUT2D eigenvalue weighted by atomic mass is 10.2. The van der Waals surface area contributed by atoms with E-state index in [9.17, 15) is 9.59 Å². The van der Waals surface area contributed by atoms with E-state index in [1.165, 1.54) is 6.08 Å². The first kappa shape index (κ1) is 22.6. The number of hydrogen-bond acceptors (Lipinski definition) is 7. The molecule has 0 aromatic rings. The van der Waals surface area contributed by atoms with Crippen LogP contribution in [0.3, 0.4) is 0 Å². The molecule has 0 N–H and O–H groups in total. The molecule has 140 valence electrons. The van der Waals surface area contributed by atoms with Gasteiger partial charge in [0.1, 0.15) is 12.2 Å². The van der Waals surface area contributed by atoms with Crippen molar-refractivity contribution in [2.45, 2.75) is 39.7 Å². The maximum absolute atomic E-state index is 11.4. The van der Waals surface area contributed by atoms with E-state index < -0.39 is 5.60 Å². The van der Waals surface area contributed by atoms with Crippen molar-refractivity contribution >= 4 is 11.9 Å². The Morgan fingerprint density at radius 2 is 1.50 bits per heavy atom. The molecule has 0 saturated carbocycles. The van der Waals surface area contributed by atoms with E-state index in [1.807, 2.05) is 20.8 Å². The van der Waals surface area contributed by atoms with E-state index in [0.29, 0.717) is 46.1 Å². The molecule has 7 nitrogen and oxygen atoms in total. The molecule has 0 radical (unpaired) electrons. The number of carbonyl (C=O) groups excluding carboxylic acids is 2. The Bertz CT molecular complexity index is 372. The second-order valence-electron chi connectivity index (χ2n) is 5.81. The van der Waals surface area contributed by atoms with Crippen LogP contribution in [-0.4, -0.2) is 63.8 Å². The monoisotopic (exact) mass is 346 g/mol. The van der Waals surface area contributed by atoms with Gasteiger partial charge in [-0.15, -0.1) is 0 Å². The van der Waals surface area contributed by atoms with Crippen molar-refractivity contribution in [3.8, 4) is 0 Å². The van der Waals surface area contributed by atoms with Crippen LogP contribution < -0.4 is 0 Å². The molecular weight excluding hydrogens is 316 g/mol. The Morgan fingerprint density at radius 1 is 0.917 bits per heavy atom. The van der Waals surface area contributed by atoms with E-state index in [2.05, 4.69) is 0 Å². The molecule has 0 heterocycles. The molecule has 0 atom stereocenters. The molecule has 0 aromatic carbocycles. The van der Waals surface area contributed by atoms with E-state index >= 15 is 0 Å². The van der Waals surface area contributed by atoms with Crippen LogP contribution in [0.4, 0.5) is 0 Å². The van der Waals surface area contributed by atoms with E-state index in [0.717, 1.165) is 0 Å². The predicted molar refractivity (Wildman–Crippen MR) is 88.7 cm³/mol. The van der Waals surface area contributed by atoms with Crippen LogP contribution in [0, 0.1) is 0 Å². The fourth-order valence-electron chi connectivity index (χ4n) is 1.46. The standard InChI is InChI=1S/C17H30O7/c1-5-23-16(19)14-22-13-12-21-11-10-20-9-7-6-8-15(18)24-17(2,3)4/h6,8H,5,7,9-14H2,1-4H3/b8-6+. The molecule has 0 unspecified atom stereocenters. The van der Waals surface area contributed by atoms with E-state index in [4.69, 9.17) is 23.7 Å². The van der Waals surface area contributed by atoms with Crippen molar-refractivity contribution in [1.82, 2.24) is 0 Å². The summed E-state index contributed by atoms with van der Waals surface area (Å²) in [5.74, 6) is -0.728. The molecule has 24 heavy (non-hydrogen) atoms. The van der Waals surface area contributed by atoms with E-state index in [-0.39, 0.29) is 18.5 Å². The van der Waals surface area contributed by atoms with Crippen LogP contribution in [0.15, 0.2) is 12.2 Å². The van der Waals surface area contributed by atoms with Gasteiger partial charge in [0, 0.05) is 6.08 Å². The lowest BCUT2D eigenvalue weighted by molar-refractivity contribution is -0.149. The van der Waals surface area contributed by atoms with Crippen molar-refractivity contribution in [2.24, 2.45) is 0 Å². The van der Waals surface area contributed by atoms with Gasteiger partial charge in [-0.1, -0.05) is 6.08 Å². The fraction of sp³-hybridized carbons (Fsp3) is 0.765. The number of carbonyl (C=O) groups is 2. The van der Waals surface area contributed by atoms with Gasteiger partial charge < -0.3 is 23.7 Å². The minimum atomic E-state index is -0.477. The van der Waals surface area contributed by atoms with Crippen LogP contribution in [0.1, 0.15) is 34.1 Å². The van der Waals surface area contributed by atoms with Crippen LogP contribution in [-0.2, 0) is 33.3 Å². The van der Waals surface area contributed by atoms with Gasteiger partial charge in [-0.2, -0.15) is 0 Å². The highest BCUT2D eigenvalue weighted by atomic mass is 16.6. The Balaban J connectivity index is 3.34. The summed E-state index contributed by atoms with van der Waals surface area (Å²) in [6.45, 7) is 9.63. The highest BCUT2D eigenvalue weighted by Gasteiger charge is 2.13. The van der Waals surface area contributed by atoms with Gasteiger partial charge in [0.05, 0.1) is 39.6 Å². The molecule has 0 aliphatic carbocycles. The van der Waals surface area contributed by atoms with Crippen molar-refractivity contribution in [1.29, 1.82) is 0 Å². The van der Waals surface area contributed by atoms with Crippen LogP contribution in [0.5, 0.6) is 0 Å². The highest BCUT2D eigenvalue weighted by molar-refractivity contribution is 5.82. The molecule has 0 aliphatic heterocycles. The summed E-state index contributed by atoms with van der Waals surface area (Å²) < 4.78 is 25.5. The first-order valence-corrected chi connectivity index (χ1v) is 8.13. The number of hydrogen-bond donors (Lipinski definition) is 0. The maximum atomic E-state index is 11.4. The second kappa shape index (κ2) is 13.9. The fourth-order valence-corrected chi connectivity index (χ4v) is 1.46. The van der Waals surface area contributed by atoms with Gasteiger partial charge in [0.15, 0.2) is 0 Å². The minimum absolute atomic E-state index is 0.0579. The third kappa shape index (κ3) is 16.9. The quantitative estimate of drug-likeness (QED) is 0.286. The molecule has 0 fully saturated rings. The molecule has 0 aromatic heterocycles. The average molecular weight is 346 g/mol. The Labute approximate surface area is 144 Å². The molecular formula is C17H30O7. The topological polar surface area (TPSA) is 80.3 Å². The van der Waals surface area contributed by atoms with Gasteiger partial charge in [0.25, 0.3) is 0 Å². The normalized spacial score (nSPS) is 11.7. The zero-order chi connectivity index (χ0) is 18.3. The van der Waals surface area contributed by atoms with Gasteiger partial charge in [-0.3, -0.25) is 0 Å². The summed E-state index contributed by atoms with van der Waals surface area (Å²) in [6.07, 6.45) is 3.76. The third-order valence-electron chi connectivity index (χ3n) is 2.36. The highest BCUT2D eigenvalue weighted by Crippen LogP contribution is 2.07. The average Bonchev–Trinajstić information content (AvgIpc) is 2.46. The van der Waals surface area contributed by atoms with Gasteiger partial charge in [-0.05, 0) is 34.1 Å². The first-order valence-electron chi connectivity index (χ1n) is 8.13. The third-order valence-corrected chi connectivity index (χ3v) is 2.36. The van der Waals surface area contributed by atoms with Crippen molar-refractivity contribution in [3.63, 3.8) is 0 Å². The number of ether oxygens (including phenoxy) is 5. The van der Waals surface area contributed by atoms with Crippen LogP contribution in [0.25, 0.3) is 0 Å². The van der Waals surface area contributed by atoms with Crippen molar-refractivity contribution in [2.75, 3.05) is 46.2 Å². The lowest BCUT2D eigenvalue weighted by Crippen LogP contribution is -2.22. The van der Waals surface area contributed by atoms with Gasteiger partial charge in [0.2, 0.25) is 0 Å². The molecule has 0 rings (SSSR count). The zero-order valence-corrected chi connectivity index (χ0v) is 15.2. The Hall–Kier alpha value is -1.44. The summed E-state index contributed by atoms with van der Waals surface area (Å²) in [5, 5.41) is 0. The summed E-state index contributed by atoms with van der Waals surface area (Å²) in [7, 11) is 0.